The molecule has 4 saturated carbocycles. The van der Waals surface area contributed by atoms with Crippen LogP contribution in [0.3, 0.4) is 0 Å². The highest BCUT2D eigenvalue weighted by atomic mass is 32.2. The number of rotatable bonds is 7. The van der Waals surface area contributed by atoms with Crippen LogP contribution < -0.4 is 16.2 Å². The first kappa shape index (κ1) is 22.3. The van der Waals surface area contributed by atoms with Crippen LogP contribution in [0.4, 0.5) is 5.69 Å². The maximum atomic E-state index is 13.0. The zero-order valence-corrected chi connectivity index (χ0v) is 19.8. The largest absolute Gasteiger partial charge is 0.350 e. The molecule has 6 nitrogen and oxygen atoms in total. The molecular formula is C26H31N3O3S. The topological polar surface area (TPSA) is 80.2 Å². The van der Waals surface area contributed by atoms with Gasteiger partial charge in [-0.25, -0.2) is 0 Å². The van der Waals surface area contributed by atoms with Crippen molar-refractivity contribution in [3.8, 4) is 0 Å². The average molecular weight is 466 g/mol. The number of nitrogens with zero attached hydrogens (tertiary/aromatic N) is 1. The molecule has 0 aliphatic heterocycles. The third-order valence-corrected chi connectivity index (χ3v) is 8.59. The van der Waals surface area contributed by atoms with Crippen molar-refractivity contribution in [2.24, 2.45) is 17.8 Å². The third-order valence-electron chi connectivity index (χ3n) is 7.52. The summed E-state index contributed by atoms with van der Waals surface area (Å²) in [6.45, 7) is 2.42. The van der Waals surface area contributed by atoms with Gasteiger partial charge in [0.25, 0.3) is 11.5 Å². The van der Waals surface area contributed by atoms with E-state index < -0.39 is 0 Å². The van der Waals surface area contributed by atoms with E-state index in [1.165, 1.54) is 37.1 Å². The number of thioether (sulfide) groups is 1. The number of hydrogen-bond acceptors (Lipinski definition) is 4. The summed E-state index contributed by atoms with van der Waals surface area (Å²) in [5.41, 5.74) is 1.00. The van der Waals surface area contributed by atoms with Gasteiger partial charge in [0.2, 0.25) is 5.91 Å². The molecule has 33 heavy (non-hydrogen) atoms. The number of benzene rings is 1. The molecule has 0 atom stereocenters. The fraction of sp³-hybridized carbons (Fsp3) is 0.500. The first-order chi connectivity index (χ1) is 15.9. The summed E-state index contributed by atoms with van der Waals surface area (Å²) in [6.07, 6.45) is 9.10. The minimum absolute atomic E-state index is 0.00562. The second kappa shape index (κ2) is 9.01. The van der Waals surface area contributed by atoms with Crippen LogP contribution in [0.1, 0.15) is 55.8 Å². The highest BCUT2D eigenvalue weighted by Crippen LogP contribution is 2.55. The molecule has 1 aromatic carbocycles. The molecule has 2 amide bonds. The molecule has 4 bridgehead atoms. The molecule has 4 fully saturated rings. The molecule has 4 aliphatic rings. The van der Waals surface area contributed by atoms with Crippen molar-refractivity contribution in [2.75, 3.05) is 11.1 Å². The molecule has 0 saturated heterocycles. The second-order valence-electron chi connectivity index (χ2n) is 10.0. The van der Waals surface area contributed by atoms with E-state index in [2.05, 4.69) is 10.6 Å². The van der Waals surface area contributed by atoms with E-state index in [-0.39, 0.29) is 22.9 Å². The number of aryl methyl sites for hydroxylation is 1. The van der Waals surface area contributed by atoms with Gasteiger partial charge in [0.05, 0.1) is 17.0 Å². The first-order valence-electron chi connectivity index (χ1n) is 12.0. The molecule has 4 aliphatic carbocycles. The smallest absolute Gasteiger partial charge is 0.256 e. The summed E-state index contributed by atoms with van der Waals surface area (Å²) < 4.78 is 1.55. The van der Waals surface area contributed by atoms with Crippen LogP contribution >= 0.6 is 11.8 Å². The van der Waals surface area contributed by atoms with Crippen LogP contribution in [0.25, 0.3) is 0 Å². The maximum absolute atomic E-state index is 13.0. The van der Waals surface area contributed by atoms with Crippen LogP contribution in [0, 0.1) is 17.8 Å². The molecule has 1 heterocycles. The lowest BCUT2D eigenvalue weighted by Gasteiger charge is -2.56. The predicted molar refractivity (Wildman–Crippen MR) is 131 cm³/mol. The summed E-state index contributed by atoms with van der Waals surface area (Å²) in [4.78, 5) is 38.4. The standard InChI is InChI=1S/C26H31N3O3S/c1-2-29-15-20(7-8-24(29)31)27-25(32)21-5-3-4-6-22(21)33-16-23(30)28-26-12-17-9-18(13-26)11-19(10-17)14-26/h3-8,15,17-19H,2,9-14,16H2,1H3,(H,27,32)(H,28,30). The molecule has 1 aromatic heterocycles. The lowest BCUT2D eigenvalue weighted by Crippen LogP contribution is -2.60. The highest BCUT2D eigenvalue weighted by molar-refractivity contribution is 8.00. The Morgan fingerprint density at radius 1 is 1.03 bits per heavy atom. The number of carbonyl (C=O) groups excluding carboxylic acids is 2. The predicted octanol–water partition coefficient (Wildman–Crippen LogP) is 4.30. The van der Waals surface area contributed by atoms with Crippen molar-refractivity contribution in [1.29, 1.82) is 0 Å². The molecule has 0 radical (unpaired) electrons. The van der Waals surface area contributed by atoms with Gasteiger partial charge in [0.1, 0.15) is 0 Å². The summed E-state index contributed by atoms with van der Waals surface area (Å²) in [6, 6.07) is 10.4. The Labute approximate surface area is 198 Å². The van der Waals surface area contributed by atoms with Gasteiger partial charge in [0.15, 0.2) is 0 Å². The molecule has 2 N–H and O–H groups in total. The Hall–Kier alpha value is -2.54. The number of hydrogen-bond donors (Lipinski definition) is 2. The monoisotopic (exact) mass is 465 g/mol. The molecule has 0 unspecified atom stereocenters. The van der Waals surface area contributed by atoms with Gasteiger partial charge in [-0.3, -0.25) is 14.4 Å². The minimum atomic E-state index is -0.249. The third kappa shape index (κ3) is 4.74. The Bertz CT molecular complexity index is 1090. The number of nitrogens with one attached hydrogen (secondary N) is 2. The Morgan fingerprint density at radius 2 is 1.70 bits per heavy atom. The van der Waals surface area contributed by atoms with Crippen LogP contribution in [0.15, 0.2) is 52.3 Å². The average Bonchev–Trinajstić information content (AvgIpc) is 2.78. The summed E-state index contributed by atoms with van der Waals surface area (Å²) in [5.74, 6) is 2.47. The fourth-order valence-electron chi connectivity index (χ4n) is 6.57. The Balaban J connectivity index is 1.22. The van der Waals surface area contributed by atoms with Gasteiger partial charge in [0, 0.05) is 29.2 Å². The van der Waals surface area contributed by atoms with Gasteiger partial charge in [-0.15, -0.1) is 11.8 Å². The first-order valence-corrected chi connectivity index (χ1v) is 13.0. The van der Waals surface area contributed by atoms with Crippen LogP contribution in [-0.2, 0) is 11.3 Å². The molecule has 2 aromatic rings. The quantitative estimate of drug-likeness (QED) is 0.598. The number of anilines is 1. The van der Waals surface area contributed by atoms with Gasteiger partial charge in [-0.2, -0.15) is 0 Å². The van der Waals surface area contributed by atoms with Crippen molar-refractivity contribution in [3.05, 3.63) is 58.5 Å². The summed E-state index contributed by atoms with van der Waals surface area (Å²) in [7, 11) is 0. The number of amides is 2. The van der Waals surface area contributed by atoms with Gasteiger partial charge >= 0.3 is 0 Å². The lowest BCUT2D eigenvalue weighted by atomic mass is 9.53. The summed E-state index contributed by atoms with van der Waals surface area (Å²) >= 11 is 1.40. The van der Waals surface area contributed by atoms with Crippen molar-refractivity contribution in [3.63, 3.8) is 0 Å². The lowest BCUT2D eigenvalue weighted by molar-refractivity contribution is -0.124. The van der Waals surface area contributed by atoms with E-state index in [0.717, 1.165) is 41.9 Å². The van der Waals surface area contributed by atoms with Crippen LogP contribution in [-0.4, -0.2) is 27.7 Å². The van der Waals surface area contributed by atoms with E-state index in [0.29, 0.717) is 23.5 Å². The van der Waals surface area contributed by atoms with Crippen molar-refractivity contribution < 1.29 is 9.59 Å². The van der Waals surface area contributed by atoms with E-state index >= 15 is 0 Å². The van der Waals surface area contributed by atoms with Crippen molar-refractivity contribution in [1.82, 2.24) is 9.88 Å². The Kier molecular flexibility index (Phi) is 6.08. The summed E-state index contributed by atoms with van der Waals surface area (Å²) in [5, 5.41) is 6.29. The zero-order valence-electron chi connectivity index (χ0n) is 19.0. The molecule has 0 spiro atoms. The van der Waals surface area contributed by atoms with Gasteiger partial charge in [-0.1, -0.05) is 12.1 Å². The second-order valence-corrected chi connectivity index (χ2v) is 11.0. The van der Waals surface area contributed by atoms with Gasteiger partial charge < -0.3 is 15.2 Å². The Morgan fingerprint density at radius 3 is 2.36 bits per heavy atom. The number of carbonyl (C=O) groups is 2. The van der Waals surface area contributed by atoms with Crippen molar-refractivity contribution >= 4 is 29.3 Å². The number of pyridine rings is 1. The molecule has 7 heteroatoms. The maximum Gasteiger partial charge on any atom is 0.256 e. The number of aromatic nitrogens is 1. The van der Waals surface area contributed by atoms with E-state index in [4.69, 9.17) is 0 Å². The van der Waals surface area contributed by atoms with Crippen LogP contribution in [0.2, 0.25) is 0 Å². The molecular weight excluding hydrogens is 434 g/mol. The fourth-order valence-corrected chi connectivity index (χ4v) is 7.42. The van der Waals surface area contributed by atoms with Gasteiger partial charge in [-0.05, 0) is 81.4 Å². The molecule has 174 valence electrons. The van der Waals surface area contributed by atoms with Crippen LogP contribution in [0.5, 0.6) is 0 Å². The zero-order chi connectivity index (χ0) is 23.0. The van der Waals surface area contributed by atoms with E-state index in [9.17, 15) is 14.4 Å². The highest BCUT2D eigenvalue weighted by Gasteiger charge is 2.51. The van der Waals surface area contributed by atoms with E-state index in [1.54, 1.807) is 22.9 Å². The van der Waals surface area contributed by atoms with E-state index in [1.807, 2.05) is 25.1 Å². The minimum Gasteiger partial charge on any atom is -0.350 e. The van der Waals surface area contributed by atoms with Crippen molar-refractivity contribution in [2.45, 2.75) is 62.4 Å². The normalized spacial score (nSPS) is 27.4. The molecule has 6 rings (SSSR count). The SMILES string of the molecule is CCn1cc(NC(=O)c2ccccc2SCC(=O)NC23CC4CC(CC(C4)C2)C3)ccc1=O.